The summed E-state index contributed by atoms with van der Waals surface area (Å²) in [5, 5.41) is 8.36. The van der Waals surface area contributed by atoms with E-state index in [1.165, 1.54) is 0 Å². The highest BCUT2D eigenvalue weighted by molar-refractivity contribution is 9.10. The first-order valence-corrected chi connectivity index (χ1v) is 10.3. The van der Waals surface area contributed by atoms with Crippen LogP contribution in [0.3, 0.4) is 0 Å². The molecule has 8 heteroatoms. The van der Waals surface area contributed by atoms with Gasteiger partial charge in [-0.15, -0.1) is 10.2 Å². The molecule has 2 aromatic rings. The molecule has 0 N–H and O–H groups in total. The van der Waals surface area contributed by atoms with Crippen molar-refractivity contribution in [1.82, 2.24) is 20.0 Å². The van der Waals surface area contributed by atoms with Crippen LogP contribution in [0.5, 0.6) is 0 Å². The van der Waals surface area contributed by atoms with Crippen molar-refractivity contribution in [3.63, 3.8) is 0 Å². The Balaban J connectivity index is 1.52. The van der Waals surface area contributed by atoms with E-state index in [1.807, 2.05) is 52.1 Å². The monoisotopic (exact) mass is 450 g/mol. The zero-order valence-corrected chi connectivity index (χ0v) is 18.4. The molecule has 152 valence electrons. The molecule has 7 nitrogen and oxygen atoms in total. The average molecular weight is 451 g/mol. The van der Waals surface area contributed by atoms with Crippen LogP contribution in [0.15, 0.2) is 33.2 Å². The van der Waals surface area contributed by atoms with Crippen molar-refractivity contribution in [3.8, 4) is 11.5 Å². The highest BCUT2D eigenvalue weighted by Gasteiger charge is 2.29. The zero-order valence-electron chi connectivity index (χ0n) is 16.8. The van der Waals surface area contributed by atoms with Crippen LogP contribution in [0, 0.1) is 0 Å². The minimum atomic E-state index is -0.477. The van der Waals surface area contributed by atoms with Crippen molar-refractivity contribution in [1.29, 1.82) is 0 Å². The summed E-state index contributed by atoms with van der Waals surface area (Å²) in [5.41, 5.74) is 0.411. The summed E-state index contributed by atoms with van der Waals surface area (Å²) in [6.07, 6.45) is 1.52. The Hall–Kier alpha value is -1.93. The number of carbonyl (C=O) groups excluding carboxylic acids is 1. The number of hydrogen-bond acceptors (Lipinski definition) is 6. The molecule has 0 spiro atoms. The van der Waals surface area contributed by atoms with Crippen molar-refractivity contribution >= 4 is 22.0 Å². The SMILES string of the molecule is CN(C(=O)OC(C)(C)C)C1CCN(Cc2nnc(-c3ccccc3Br)o2)CC1. The van der Waals surface area contributed by atoms with E-state index in [9.17, 15) is 4.79 Å². The standard InChI is InChI=1S/C20H27BrN4O3/c1-20(2,3)28-19(26)24(4)14-9-11-25(12-10-14)13-17-22-23-18(27-17)15-7-5-6-8-16(15)21/h5-8,14H,9-13H2,1-4H3. The van der Waals surface area contributed by atoms with Crippen LogP contribution in [0.4, 0.5) is 4.79 Å². The summed E-state index contributed by atoms with van der Waals surface area (Å²) >= 11 is 3.51. The van der Waals surface area contributed by atoms with Crippen LogP contribution in [0.25, 0.3) is 11.5 Å². The summed E-state index contributed by atoms with van der Waals surface area (Å²) in [6.45, 7) is 7.99. The van der Waals surface area contributed by atoms with Crippen molar-refractivity contribution < 1.29 is 13.9 Å². The fourth-order valence-electron chi connectivity index (χ4n) is 3.20. The van der Waals surface area contributed by atoms with Gasteiger partial charge in [0.15, 0.2) is 0 Å². The normalized spacial score (nSPS) is 16.2. The maximum atomic E-state index is 12.2. The first-order valence-electron chi connectivity index (χ1n) is 9.48. The number of piperidine rings is 1. The number of carbonyl (C=O) groups is 1. The van der Waals surface area contributed by atoms with Gasteiger partial charge in [-0.05, 0) is 61.7 Å². The summed E-state index contributed by atoms with van der Waals surface area (Å²) in [7, 11) is 1.82. The van der Waals surface area contributed by atoms with E-state index in [1.54, 1.807) is 4.90 Å². The summed E-state index contributed by atoms with van der Waals surface area (Å²) < 4.78 is 12.2. The molecule has 1 fully saturated rings. The molecule has 0 atom stereocenters. The van der Waals surface area contributed by atoms with E-state index in [-0.39, 0.29) is 12.1 Å². The van der Waals surface area contributed by atoms with Crippen LogP contribution in [0.2, 0.25) is 0 Å². The van der Waals surface area contributed by atoms with E-state index in [0.717, 1.165) is 36.0 Å². The lowest BCUT2D eigenvalue weighted by molar-refractivity contribution is 0.0145. The van der Waals surface area contributed by atoms with Crippen LogP contribution in [0.1, 0.15) is 39.5 Å². The molecule has 0 saturated carbocycles. The van der Waals surface area contributed by atoms with Crippen molar-refractivity contribution in [3.05, 3.63) is 34.6 Å². The van der Waals surface area contributed by atoms with Gasteiger partial charge in [-0.1, -0.05) is 12.1 Å². The van der Waals surface area contributed by atoms with Crippen LogP contribution in [-0.4, -0.2) is 57.9 Å². The van der Waals surface area contributed by atoms with Gasteiger partial charge in [-0.25, -0.2) is 4.79 Å². The van der Waals surface area contributed by atoms with Gasteiger partial charge in [0.25, 0.3) is 0 Å². The van der Waals surface area contributed by atoms with Gasteiger partial charge in [0.05, 0.1) is 12.1 Å². The Morgan fingerprint density at radius 1 is 1.29 bits per heavy atom. The largest absolute Gasteiger partial charge is 0.444 e. The topological polar surface area (TPSA) is 71.7 Å². The fourth-order valence-corrected chi connectivity index (χ4v) is 3.65. The summed E-state index contributed by atoms with van der Waals surface area (Å²) in [6, 6.07) is 7.97. The molecule has 1 saturated heterocycles. The second-order valence-corrected chi connectivity index (χ2v) is 8.93. The van der Waals surface area contributed by atoms with E-state index in [4.69, 9.17) is 9.15 Å². The van der Waals surface area contributed by atoms with Gasteiger partial charge in [0.2, 0.25) is 11.8 Å². The van der Waals surface area contributed by atoms with Crippen LogP contribution >= 0.6 is 15.9 Å². The molecule has 1 aromatic heterocycles. The molecule has 1 aliphatic heterocycles. The predicted molar refractivity (Wildman–Crippen MR) is 110 cm³/mol. The second kappa shape index (κ2) is 8.61. The van der Waals surface area contributed by atoms with Gasteiger partial charge in [-0.2, -0.15) is 0 Å². The summed E-state index contributed by atoms with van der Waals surface area (Å²) in [4.78, 5) is 16.2. The highest BCUT2D eigenvalue weighted by Crippen LogP contribution is 2.27. The molecule has 0 bridgehead atoms. The third-order valence-corrected chi connectivity index (χ3v) is 5.41. The molecule has 1 amide bonds. The fraction of sp³-hybridized carbons (Fsp3) is 0.550. The number of likely N-dealkylation sites (tertiary alicyclic amines) is 1. The number of ether oxygens (including phenoxy) is 1. The minimum Gasteiger partial charge on any atom is -0.444 e. The molecule has 0 aliphatic carbocycles. The minimum absolute atomic E-state index is 0.185. The molecule has 3 rings (SSSR count). The Kier molecular flexibility index (Phi) is 6.40. The highest BCUT2D eigenvalue weighted by atomic mass is 79.9. The predicted octanol–water partition coefficient (Wildman–Crippen LogP) is 4.33. The smallest absolute Gasteiger partial charge is 0.410 e. The first-order chi connectivity index (χ1) is 13.2. The Labute approximate surface area is 174 Å². The maximum Gasteiger partial charge on any atom is 0.410 e. The number of rotatable bonds is 4. The molecular weight excluding hydrogens is 424 g/mol. The average Bonchev–Trinajstić information content (AvgIpc) is 3.09. The lowest BCUT2D eigenvalue weighted by atomic mass is 10.0. The molecule has 1 aliphatic rings. The second-order valence-electron chi connectivity index (χ2n) is 8.08. The Bertz CT molecular complexity index is 810. The van der Waals surface area contributed by atoms with Gasteiger partial charge in [0, 0.05) is 30.7 Å². The van der Waals surface area contributed by atoms with Crippen molar-refractivity contribution in [2.45, 2.75) is 51.8 Å². The number of benzene rings is 1. The maximum absolute atomic E-state index is 12.2. The van der Waals surface area contributed by atoms with Gasteiger partial charge in [0.1, 0.15) is 5.60 Å². The summed E-state index contributed by atoms with van der Waals surface area (Å²) in [5.74, 6) is 1.12. The van der Waals surface area contributed by atoms with E-state index >= 15 is 0 Å². The van der Waals surface area contributed by atoms with Crippen LogP contribution < -0.4 is 0 Å². The van der Waals surface area contributed by atoms with Gasteiger partial charge < -0.3 is 14.1 Å². The van der Waals surface area contributed by atoms with E-state index < -0.39 is 5.60 Å². The number of halogens is 1. The number of aromatic nitrogens is 2. The molecular formula is C20H27BrN4O3. The molecule has 28 heavy (non-hydrogen) atoms. The molecule has 2 heterocycles. The third kappa shape index (κ3) is 5.32. The number of amides is 1. The quantitative estimate of drug-likeness (QED) is 0.689. The number of hydrogen-bond donors (Lipinski definition) is 0. The zero-order chi connectivity index (χ0) is 20.3. The molecule has 0 unspecified atom stereocenters. The van der Waals surface area contributed by atoms with E-state index in [2.05, 4.69) is 31.0 Å². The lowest BCUT2D eigenvalue weighted by Crippen LogP contribution is -2.46. The number of nitrogens with zero attached hydrogens (tertiary/aromatic N) is 4. The van der Waals surface area contributed by atoms with Gasteiger partial charge in [-0.3, -0.25) is 4.90 Å². The Morgan fingerprint density at radius 2 is 1.96 bits per heavy atom. The van der Waals surface area contributed by atoms with Crippen molar-refractivity contribution in [2.24, 2.45) is 0 Å². The van der Waals surface area contributed by atoms with E-state index in [0.29, 0.717) is 18.3 Å². The van der Waals surface area contributed by atoms with Gasteiger partial charge >= 0.3 is 6.09 Å². The third-order valence-electron chi connectivity index (χ3n) is 4.72. The van der Waals surface area contributed by atoms with Crippen molar-refractivity contribution in [2.75, 3.05) is 20.1 Å². The first kappa shape index (κ1) is 20.8. The lowest BCUT2D eigenvalue weighted by Gasteiger charge is -2.36. The van der Waals surface area contributed by atoms with Crippen LogP contribution in [-0.2, 0) is 11.3 Å². The molecule has 1 aromatic carbocycles. The molecule has 0 radical (unpaired) electrons. The Morgan fingerprint density at radius 3 is 2.61 bits per heavy atom.